The normalized spacial score (nSPS) is 21.3. The first-order valence-corrected chi connectivity index (χ1v) is 7.51. The number of aliphatic hydroxyl groups excluding tert-OH is 1. The first-order valence-electron chi connectivity index (χ1n) is 6.63. The van der Waals surface area contributed by atoms with Gasteiger partial charge in [0.2, 0.25) is 0 Å². The van der Waals surface area contributed by atoms with Crippen LogP contribution in [-0.4, -0.2) is 11.2 Å². The van der Waals surface area contributed by atoms with Crippen molar-refractivity contribution in [1.29, 1.82) is 0 Å². The molecule has 3 rings (SSSR count). The van der Waals surface area contributed by atoms with Crippen LogP contribution in [0.1, 0.15) is 24.8 Å². The number of aliphatic hydroxyl groups is 1. The molecule has 0 radical (unpaired) electrons. The molecule has 1 aromatic heterocycles. The van der Waals surface area contributed by atoms with Gasteiger partial charge in [0.15, 0.2) is 0 Å². The molecule has 1 heterocycles. The van der Waals surface area contributed by atoms with E-state index >= 15 is 0 Å². The van der Waals surface area contributed by atoms with Gasteiger partial charge >= 0.3 is 0 Å². The first-order chi connectivity index (χ1) is 8.84. The van der Waals surface area contributed by atoms with Crippen LogP contribution in [0.25, 0.3) is 10.1 Å². The molecule has 1 nitrogen and oxygen atoms in total. The minimum Gasteiger partial charge on any atom is -0.392 e. The van der Waals surface area contributed by atoms with Gasteiger partial charge in [0.25, 0.3) is 0 Å². The minimum atomic E-state index is -0.201. The van der Waals surface area contributed by atoms with Gasteiger partial charge in [-0.25, -0.2) is 0 Å². The van der Waals surface area contributed by atoms with Crippen LogP contribution in [0.4, 0.5) is 0 Å². The summed E-state index contributed by atoms with van der Waals surface area (Å²) in [6.07, 6.45) is 8.30. The molecule has 0 aliphatic heterocycles. The maximum atomic E-state index is 10.4. The molecule has 0 fully saturated rings. The van der Waals surface area contributed by atoms with E-state index in [1.165, 1.54) is 15.6 Å². The maximum absolute atomic E-state index is 10.4. The Kier molecular flexibility index (Phi) is 3.48. The van der Waals surface area contributed by atoms with Crippen LogP contribution >= 0.6 is 11.3 Å². The fourth-order valence-corrected chi connectivity index (χ4v) is 3.72. The van der Waals surface area contributed by atoms with Gasteiger partial charge in [-0.1, -0.05) is 30.4 Å². The lowest BCUT2D eigenvalue weighted by Gasteiger charge is -2.23. The molecule has 0 spiro atoms. The van der Waals surface area contributed by atoms with Gasteiger partial charge < -0.3 is 5.11 Å². The van der Waals surface area contributed by atoms with Crippen LogP contribution < -0.4 is 0 Å². The summed E-state index contributed by atoms with van der Waals surface area (Å²) in [6, 6.07) is 8.47. The van der Waals surface area contributed by atoms with Crippen molar-refractivity contribution >= 4 is 21.4 Å². The summed E-state index contributed by atoms with van der Waals surface area (Å²) in [7, 11) is 0. The van der Waals surface area contributed by atoms with E-state index in [1.807, 2.05) is 0 Å². The lowest BCUT2D eigenvalue weighted by Crippen LogP contribution is -2.23. The van der Waals surface area contributed by atoms with Crippen molar-refractivity contribution in [3.63, 3.8) is 0 Å². The second-order valence-electron chi connectivity index (χ2n) is 5.07. The second-order valence-corrected chi connectivity index (χ2v) is 5.98. The Morgan fingerprint density at radius 2 is 2.17 bits per heavy atom. The number of thiophene rings is 1. The van der Waals surface area contributed by atoms with Crippen LogP contribution in [0.15, 0.2) is 41.8 Å². The maximum Gasteiger partial charge on any atom is 0.0612 e. The highest BCUT2D eigenvalue weighted by Gasteiger charge is 2.20. The van der Waals surface area contributed by atoms with Crippen molar-refractivity contribution in [2.75, 3.05) is 0 Å². The first kappa shape index (κ1) is 11.9. The van der Waals surface area contributed by atoms with E-state index in [0.717, 1.165) is 25.7 Å². The number of rotatable bonds is 3. The third-order valence-corrected chi connectivity index (χ3v) is 4.86. The molecule has 2 unspecified atom stereocenters. The summed E-state index contributed by atoms with van der Waals surface area (Å²) >= 11 is 1.78. The SMILES string of the molecule is OC(Cc1csc2ccccc12)C1CC=CCC1. The highest BCUT2D eigenvalue weighted by molar-refractivity contribution is 7.17. The predicted molar refractivity (Wildman–Crippen MR) is 78.0 cm³/mol. The third kappa shape index (κ3) is 2.36. The van der Waals surface area contributed by atoms with Crippen LogP contribution in [-0.2, 0) is 6.42 Å². The van der Waals surface area contributed by atoms with Crippen molar-refractivity contribution in [2.24, 2.45) is 5.92 Å². The minimum absolute atomic E-state index is 0.201. The van der Waals surface area contributed by atoms with E-state index in [2.05, 4.69) is 41.8 Å². The molecule has 2 aromatic rings. The van der Waals surface area contributed by atoms with E-state index in [4.69, 9.17) is 0 Å². The summed E-state index contributed by atoms with van der Waals surface area (Å²) in [6.45, 7) is 0. The van der Waals surface area contributed by atoms with Crippen LogP contribution in [0.2, 0.25) is 0 Å². The molecule has 2 heteroatoms. The zero-order valence-electron chi connectivity index (χ0n) is 10.4. The average Bonchev–Trinajstić information content (AvgIpc) is 2.83. The molecule has 1 aliphatic rings. The van der Waals surface area contributed by atoms with Crippen LogP contribution in [0, 0.1) is 5.92 Å². The van der Waals surface area contributed by atoms with Gasteiger partial charge in [-0.05, 0) is 47.6 Å². The number of allylic oxidation sites excluding steroid dienone is 2. The fraction of sp³-hybridized carbons (Fsp3) is 0.375. The van der Waals surface area contributed by atoms with Crippen molar-refractivity contribution in [2.45, 2.75) is 31.8 Å². The Morgan fingerprint density at radius 3 is 3.00 bits per heavy atom. The van der Waals surface area contributed by atoms with E-state index in [1.54, 1.807) is 11.3 Å². The van der Waals surface area contributed by atoms with Gasteiger partial charge in [-0.2, -0.15) is 0 Å². The summed E-state index contributed by atoms with van der Waals surface area (Å²) in [5.41, 5.74) is 1.30. The number of benzene rings is 1. The summed E-state index contributed by atoms with van der Waals surface area (Å²) in [5, 5.41) is 13.9. The number of fused-ring (bicyclic) bond motifs is 1. The molecule has 94 valence electrons. The largest absolute Gasteiger partial charge is 0.392 e. The number of hydrogen-bond acceptors (Lipinski definition) is 2. The van der Waals surface area contributed by atoms with Crippen molar-refractivity contribution in [3.05, 3.63) is 47.4 Å². The fourth-order valence-electron chi connectivity index (χ4n) is 2.75. The Balaban J connectivity index is 1.77. The Bertz CT molecular complexity index is 555. The van der Waals surface area contributed by atoms with Gasteiger partial charge in [-0.15, -0.1) is 11.3 Å². The van der Waals surface area contributed by atoms with Crippen LogP contribution in [0.5, 0.6) is 0 Å². The predicted octanol–water partition coefficient (Wildman–Crippen LogP) is 4.16. The zero-order valence-corrected chi connectivity index (χ0v) is 11.2. The second kappa shape index (κ2) is 5.25. The zero-order chi connectivity index (χ0) is 12.4. The standard InChI is InChI=1S/C16H18OS/c17-15(12-6-2-1-3-7-12)10-13-11-18-16-9-5-4-8-14(13)16/h1-2,4-5,8-9,11-12,15,17H,3,6-7,10H2. The molecule has 0 bridgehead atoms. The Morgan fingerprint density at radius 1 is 1.28 bits per heavy atom. The van der Waals surface area contributed by atoms with Crippen molar-refractivity contribution in [3.8, 4) is 0 Å². The molecule has 1 aliphatic carbocycles. The molecular weight excluding hydrogens is 240 g/mol. The summed E-state index contributed by atoms with van der Waals surface area (Å²) in [5.74, 6) is 0.439. The Hall–Kier alpha value is -1.12. The lowest BCUT2D eigenvalue weighted by molar-refractivity contribution is 0.103. The average molecular weight is 258 g/mol. The molecule has 0 saturated carbocycles. The molecule has 1 aromatic carbocycles. The molecule has 0 amide bonds. The highest BCUT2D eigenvalue weighted by atomic mass is 32.1. The van der Waals surface area contributed by atoms with E-state index in [0.29, 0.717) is 5.92 Å². The van der Waals surface area contributed by atoms with Gasteiger partial charge in [0.1, 0.15) is 0 Å². The molecule has 2 atom stereocenters. The van der Waals surface area contributed by atoms with Crippen LogP contribution in [0.3, 0.4) is 0 Å². The number of hydrogen-bond donors (Lipinski definition) is 1. The highest BCUT2D eigenvalue weighted by Crippen LogP contribution is 2.29. The molecular formula is C16H18OS. The van der Waals surface area contributed by atoms with E-state index < -0.39 is 0 Å². The molecule has 18 heavy (non-hydrogen) atoms. The lowest BCUT2D eigenvalue weighted by atomic mass is 9.86. The van der Waals surface area contributed by atoms with Crippen molar-refractivity contribution in [1.82, 2.24) is 0 Å². The topological polar surface area (TPSA) is 20.2 Å². The molecule has 0 saturated heterocycles. The quantitative estimate of drug-likeness (QED) is 0.820. The summed E-state index contributed by atoms with van der Waals surface area (Å²) < 4.78 is 1.32. The Labute approximate surface area is 112 Å². The third-order valence-electron chi connectivity index (χ3n) is 3.84. The molecule has 1 N–H and O–H groups in total. The van der Waals surface area contributed by atoms with Gasteiger partial charge in [0, 0.05) is 11.1 Å². The van der Waals surface area contributed by atoms with Crippen molar-refractivity contribution < 1.29 is 5.11 Å². The van der Waals surface area contributed by atoms with Gasteiger partial charge in [0.05, 0.1) is 6.10 Å². The monoisotopic (exact) mass is 258 g/mol. The van der Waals surface area contributed by atoms with E-state index in [9.17, 15) is 5.11 Å². The van der Waals surface area contributed by atoms with E-state index in [-0.39, 0.29) is 6.10 Å². The smallest absolute Gasteiger partial charge is 0.0612 e. The summed E-state index contributed by atoms with van der Waals surface area (Å²) in [4.78, 5) is 0. The van der Waals surface area contributed by atoms with Gasteiger partial charge in [-0.3, -0.25) is 0 Å².